The monoisotopic (exact) mass is 450 g/mol. The molecule has 6 nitrogen and oxygen atoms in total. The summed E-state index contributed by atoms with van der Waals surface area (Å²) >= 11 is 1.69. The smallest absolute Gasteiger partial charge is 0.237 e. The average Bonchev–Trinajstić information content (AvgIpc) is 3.24. The number of hydrogen-bond donors (Lipinski definition) is 1. The highest BCUT2D eigenvalue weighted by molar-refractivity contribution is 7.10. The van der Waals surface area contributed by atoms with Crippen LogP contribution in [0.4, 0.5) is 4.39 Å². The fraction of sp³-hybridized carbons (Fsp3) is 0.522. The van der Waals surface area contributed by atoms with Crippen LogP contribution in [0.3, 0.4) is 0 Å². The summed E-state index contributed by atoms with van der Waals surface area (Å²) in [6, 6.07) is 7.86. The Morgan fingerprint density at radius 1 is 1.42 bits per heavy atom. The van der Waals surface area contributed by atoms with Gasteiger partial charge >= 0.3 is 0 Å². The van der Waals surface area contributed by atoms with Crippen LogP contribution >= 0.6 is 11.3 Å². The van der Waals surface area contributed by atoms with Crippen molar-refractivity contribution in [1.82, 2.24) is 9.80 Å². The maximum Gasteiger partial charge on any atom is 0.237 e. The minimum atomic E-state index is -0.485. The van der Waals surface area contributed by atoms with Crippen LogP contribution in [-0.2, 0) is 16.0 Å². The SMILES string of the molecule is CC[C@@H](O)CN(CCOC)CC(=O)N1CCc2sccc2[C@@H]1COc1cccc(F)c1. The molecule has 1 aliphatic heterocycles. The van der Waals surface area contributed by atoms with Crippen LogP contribution in [0.2, 0.25) is 0 Å². The molecule has 0 fully saturated rings. The molecular formula is C23H31FN2O4S. The summed E-state index contributed by atoms with van der Waals surface area (Å²) in [5.74, 6) is 0.0835. The zero-order valence-corrected chi connectivity index (χ0v) is 18.9. The van der Waals surface area contributed by atoms with Gasteiger partial charge in [0.2, 0.25) is 5.91 Å². The van der Waals surface area contributed by atoms with E-state index in [1.54, 1.807) is 30.6 Å². The van der Waals surface area contributed by atoms with Gasteiger partial charge in [-0.25, -0.2) is 4.39 Å². The molecule has 1 aromatic carbocycles. The van der Waals surface area contributed by atoms with Gasteiger partial charge in [-0.3, -0.25) is 9.69 Å². The van der Waals surface area contributed by atoms with Crippen LogP contribution in [0.25, 0.3) is 0 Å². The lowest BCUT2D eigenvalue weighted by molar-refractivity contribution is -0.136. The van der Waals surface area contributed by atoms with Gasteiger partial charge in [0.05, 0.1) is 25.3 Å². The molecule has 1 N–H and O–H groups in total. The van der Waals surface area contributed by atoms with E-state index in [0.717, 1.165) is 12.0 Å². The van der Waals surface area contributed by atoms with Crippen molar-refractivity contribution < 1.29 is 23.8 Å². The molecule has 1 aliphatic rings. The molecule has 0 aliphatic carbocycles. The van der Waals surface area contributed by atoms with Gasteiger partial charge in [0.1, 0.15) is 18.2 Å². The second-order valence-corrected chi connectivity index (χ2v) is 8.71. The molecule has 0 bridgehead atoms. The lowest BCUT2D eigenvalue weighted by atomic mass is 10.0. The second kappa shape index (κ2) is 11.6. The van der Waals surface area contributed by atoms with Crippen molar-refractivity contribution in [1.29, 1.82) is 0 Å². The molecule has 0 saturated carbocycles. The molecule has 3 rings (SSSR count). The van der Waals surface area contributed by atoms with Crippen LogP contribution in [0.1, 0.15) is 29.8 Å². The third-order valence-corrected chi connectivity index (χ3v) is 6.53. The average molecular weight is 451 g/mol. The van der Waals surface area contributed by atoms with E-state index in [1.807, 2.05) is 28.2 Å². The highest BCUT2D eigenvalue weighted by Crippen LogP contribution is 2.34. The molecule has 8 heteroatoms. The van der Waals surface area contributed by atoms with Crippen molar-refractivity contribution in [3.63, 3.8) is 0 Å². The first-order chi connectivity index (χ1) is 15.0. The Balaban J connectivity index is 1.72. The van der Waals surface area contributed by atoms with Gasteiger partial charge in [-0.1, -0.05) is 13.0 Å². The van der Waals surface area contributed by atoms with Crippen molar-refractivity contribution in [2.75, 3.05) is 46.5 Å². The van der Waals surface area contributed by atoms with Crippen LogP contribution < -0.4 is 4.74 Å². The van der Waals surface area contributed by atoms with Crippen LogP contribution in [0.5, 0.6) is 5.75 Å². The maximum absolute atomic E-state index is 13.5. The van der Waals surface area contributed by atoms with Crippen molar-refractivity contribution in [2.45, 2.75) is 31.9 Å². The van der Waals surface area contributed by atoms with Crippen molar-refractivity contribution in [2.24, 2.45) is 0 Å². The Labute approximate surface area is 187 Å². The molecule has 1 aromatic heterocycles. The molecule has 2 aromatic rings. The summed E-state index contributed by atoms with van der Waals surface area (Å²) in [6.45, 7) is 4.48. The first-order valence-electron chi connectivity index (χ1n) is 10.6. The van der Waals surface area contributed by atoms with Crippen molar-refractivity contribution >= 4 is 17.2 Å². The van der Waals surface area contributed by atoms with E-state index in [1.165, 1.54) is 17.0 Å². The number of ether oxygens (including phenoxy) is 2. The van der Waals surface area contributed by atoms with Gasteiger partial charge in [-0.15, -0.1) is 11.3 Å². The molecule has 2 atom stereocenters. The highest BCUT2D eigenvalue weighted by atomic mass is 32.1. The summed E-state index contributed by atoms with van der Waals surface area (Å²) < 4.78 is 24.6. The summed E-state index contributed by atoms with van der Waals surface area (Å²) in [4.78, 5) is 18.3. The molecule has 0 spiro atoms. The number of hydrogen-bond acceptors (Lipinski definition) is 6. The van der Waals surface area contributed by atoms with Gasteiger partial charge in [0, 0.05) is 37.7 Å². The Hall–Kier alpha value is -2.00. The number of methoxy groups -OCH3 is 1. The van der Waals surface area contributed by atoms with Crippen molar-refractivity contribution in [3.8, 4) is 5.75 Å². The topological polar surface area (TPSA) is 62.2 Å². The largest absolute Gasteiger partial charge is 0.491 e. The van der Waals surface area contributed by atoms with Crippen LogP contribution in [-0.4, -0.2) is 73.4 Å². The first-order valence-corrected chi connectivity index (χ1v) is 11.5. The predicted octanol–water partition coefficient (Wildman–Crippen LogP) is 3.11. The summed E-state index contributed by atoms with van der Waals surface area (Å²) in [7, 11) is 1.62. The van der Waals surface area contributed by atoms with Gasteiger partial charge in [-0.2, -0.15) is 0 Å². The number of nitrogens with zero attached hydrogens (tertiary/aromatic N) is 2. The Morgan fingerprint density at radius 2 is 2.26 bits per heavy atom. The van der Waals surface area contributed by atoms with E-state index in [2.05, 4.69) is 0 Å². The number of rotatable bonds is 11. The number of benzene rings is 1. The van der Waals surface area contributed by atoms with Gasteiger partial charge in [0.15, 0.2) is 0 Å². The Kier molecular flexibility index (Phi) is 8.83. The quantitative estimate of drug-likeness (QED) is 0.570. The van der Waals surface area contributed by atoms with E-state index in [-0.39, 0.29) is 30.9 Å². The van der Waals surface area contributed by atoms with E-state index < -0.39 is 6.10 Å². The third-order valence-electron chi connectivity index (χ3n) is 5.53. The van der Waals surface area contributed by atoms with Gasteiger partial charge in [-0.05, 0) is 42.0 Å². The van der Waals surface area contributed by atoms with E-state index in [9.17, 15) is 14.3 Å². The maximum atomic E-state index is 13.5. The van der Waals surface area contributed by atoms with Crippen LogP contribution in [0.15, 0.2) is 35.7 Å². The number of halogens is 1. The highest BCUT2D eigenvalue weighted by Gasteiger charge is 2.33. The zero-order chi connectivity index (χ0) is 22.2. The number of thiophene rings is 1. The molecule has 170 valence electrons. The molecular weight excluding hydrogens is 419 g/mol. The number of carbonyl (C=O) groups is 1. The zero-order valence-electron chi connectivity index (χ0n) is 18.1. The number of fused-ring (bicyclic) bond motifs is 1. The van der Waals surface area contributed by atoms with E-state index in [0.29, 0.717) is 38.4 Å². The fourth-order valence-electron chi connectivity index (χ4n) is 3.77. The van der Waals surface area contributed by atoms with Gasteiger partial charge in [0.25, 0.3) is 0 Å². The number of amides is 1. The molecule has 0 saturated heterocycles. The first kappa shape index (κ1) is 23.7. The Bertz CT molecular complexity index is 846. The lowest BCUT2D eigenvalue weighted by Gasteiger charge is -2.37. The summed E-state index contributed by atoms with van der Waals surface area (Å²) in [6.07, 6.45) is 0.954. The lowest BCUT2D eigenvalue weighted by Crippen LogP contribution is -2.48. The van der Waals surface area contributed by atoms with E-state index >= 15 is 0 Å². The van der Waals surface area contributed by atoms with Crippen molar-refractivity contribution in [3.05, 3.63) is 52.0 Å². The normalized spacial score (nSPS) is 16.9. The molecule has 0 radical (unpaired) electrons. The molecule has 0 unspecified atom stereocenters. The third kappa shape index (κ3) is 6.49. The number of aliphatic hydroxyl groups is 1. The Morgan fingerprint density at radius 3 is 3.00 bits per heavy atom. The van der Waals surface area contributed by atoms with Crippen LogP contribution in [0, 0.1) is 5.82 Å². The minimum absolute atomic E-state index is 0.0101. The number of carbonyl (C=O) groups excluding carboxylic acids is 1. The minimum Gasteiger partial charge on any atom is -0.491 e. The summed E-state index contributed by atoms with van der Waals surface area (Å²) in [5, 5.41) is 12.1. The summed E-state index contributed by atoms with van der Waals surface area (Å²) in [5.41, 5.74) is 1.10. The van der Waals surface area contributed by atoms with Gasteiger partial charge < -0.3 is 19.5 Å². The molecule has 2 heterocycles. The number of aliphatic hydroxyl groups excluding tert-OH is 1. The van der Waals surface area contributed by atoms with E-state index in [4.69, 9.17) is 9.47 Å². The predicted molar refractivity (Wildman–Crippen MR) is 119 cm³/mol. The second-order valence-electron chi connectivity index (χ2n) is 7.71. The molecule has 1 amide bonds. The molecule has 31 heavy (non-hydrogen) atoms. The fourth-order valence-corrected chi connectivity index (χ4v) is 4.70. The standard InChI is InChI=1S/C23H31FN2O4S/c1-3-18(27)14-25(10-11-29-2)15-23(28)26-9-7-22-20(8-12-31-22)21(26)16-30-19-6-4-5-17(24)13-19/h4-6,8,12-13,18,21,27H,3,7,9-11,14-16H2,1-2H3/t18-,21+/m1/s1.